The summed E-state index contributed by atoms with van der Waals surface area (Å²) in [6.45, 7) is 3.47. The number of fused-ring (bicyclic) bond motifs is 1. The molecule has 2 aromatic heterocycles. The predicted octanol–water partition coefficient (Wildman–Crippen LogP) is 4.93. The quantitative estimate of drug-likeness (QED) is 0.410. The Morgan fingerprint density at radius 3 is 2.75 bits per heavy atom. The van der Waals surface area contributed by atoms with Crippen LogP contribution in [0, 0.1) is 0 Å². The molecule has 0 spiro atoms. The lowest BCUT2D eigenvalue weighted by molar-refractivity contribution is -0.00112. The number of hydrogen-bond acceptors (Lipinski definition) is 7. The largest absolute Gasteiger partial charge is 0.493 e. The molecule has 32 heavy (non-hydrogen) atoms. The summed E-state index contributed by atoms with van der Waals surface area (Å²) in [4.78, 5) is 4.53. The minimum absolute atomic E-state index is 0.0953. The lowest BCUT2D eigenvalue weighted by Crippen LogP contribution is -2.21. The zero-order chi connectivity index (χ0) is 22.1. The summed E-state index contributed by atoms with van der Waals surface area (Å²) in [5.41, 5.74) is 3.38. The van der Waals surface area contributed by atoms with Crippen LogP contribution in [0.3, 0.4) is 0 Å². The van der Waals surface area contributed by atoms with Gasteiger partial charge in [-0.05, 0) is 48.9 Å². The van der Waals surface area contributed by atoms with Crippen molar-refractivity contribution in [1.29, 1.82) is 0 Å². The molecule has 0 amide bonds. The van der Waals surface area contributed by atoms with Crippen molar-refractivity contribution < 1.29 is 18.7 Å². The summed E-state index contributed by atoms with van der Waals surface area (Å²) < 4.78 is 24.4. The predicted molar refractivity (Wildman–Crippen MR) is 118 cm³/mol. The molecular weight excluding hydrogens is 432 g/mol. The molecule has 0 radical (unpaired) electrons. The van der Waals surface area contributed by atoms with E-state index < -0.39 is 0 Å². The topological polar surface area (TPSA) is 84.4 Å². The lowest BCUT2D eigenvalue weighted by Gasteiger charge is -2.24. The van der Waals surface area contributed by atoms with E-state index in [1.807, 2.05) is 60.1 Å². The third kappa shape index (κ3) is 3.94. The molecule has 3 heterocycles. The molecule has 5 rings (SSSR count). The Bertz CT molecular complexity index is 1240. The molecule has 0 saturated carbocycles. The maximum Gasteiger partial charge on any atom is 0.278 e. The molecule has 9 heteroatoms. The van der Waals surface area contributed by atoms with Gasteiger partial charge in [0.25, 0.3) is 5.89 Å². The van der Waals surface area contributed by atoms with Crippen molar-refractivity contribution >= 4 is 11.6 Å². The van der Waals surface area contributed by atoms with Crippen LogP contribution in [-0.2, 0) is 17.9 Å². The number of aromatic nitrogens is 4. The van der Waals surface area contributed by atoms with E-state index in [0.29, 0.717) is 53.7 Å². The zero-order valence-electron chi connectivity index (χ0n) is 17.6. The van der Waals surface area contributed by atoms with Crippen molar-refractivity contribution in [2.45, 2.75) is 26.2 Å². The third-order valence-electron chi connectivity index (χ3n) is 5.24. The third-order valence-corrected chi connectivity index (χ3v) is 5.50. The first-order valence-electron chi connectivity index (χ1n) is 10.2. The van der Waals surface area contributed by atoms with E-state index in [-0.39, 0.29) is 6.10 Å². The molecule has 164 valence electrons. The Balaban J connectivity index is 1.38. The van der Waals surface area contributed by atoms with Crippen LogP contribution in [-0.4, -0.2) is 33.6 Å². The van der Waals surface area contributed by atoms with E-state index >= 15 is 0 Å². The van der Waals surface area contributed by atoms with Gasteiger partial charge in [0.2, 0.25) is 5.82 Å². The monoisotopic (exact) mass is 452 g/mol. The normalized spacial score (nSPS) is 15.4. The van der Waals surface area contributed by atoms with Crippen molar-refractivity contribution in [2.75, 3.05) is 13.7 Å². The first-order valence-corrected chi connectivity index (χ1v) is 10.6. The minimum Gasteiger partial charge on any atom is -0.493 e. The van der Waals surface area contributed by atoms with Gasteiger partial charge in [-0.1, -0.05) is 28.9 Å². The van der Waals surface area contributed by atoms with Gasteiger partial charge in [-0.2, -0.15) is 10.1 Å². The van der Waals surface area contributed by atoms with Crippen molar-refractivity contribution in [3.63, 3.8) is 0 Å². The fourth-order valence-corrected chi connectivity index (χ4v) is 3.76. The summed E-state index contributed by atoms with van der Waals surface area (Å²) in [7, 11) is 1.60. The fourth-order valence-electron chi connectivity index (χ4n) is 3.64. The van der Waals surface area contributed by atoms with Gasteiger partial charge in [-0.15, -0.1) is 0 Å². The summed E-state index contributed by atoms with van der Waals surface area (Å²) >= 11 is 5.99. The van der Waals surface area contributed by atoms with Gasteiger partial charge < -0.3 is 18.7 Å². The van der Waals surface area contributed by atoms with Gasteiger partial charge in [0.05, 0.1) is 32.6 Å². The summed E-state index contributed by atoms with van der Waals surface area (Å²) in [6, 6.07) is 15.1. The number of benzene rings is 2. The molecule has 1 aliphatic rings. The number of nitrogens with zero attached hydrogens (tertiary/aromatic N) is 4. The molecule has 1 aliphatic heterocycles. The summed E-state index contributed by atoms with van der Waals surface area (Å²) in [5.74, 6) is 2.07. The molecule has 8 nitrogen and oxygen atoms in total. The molecule has 0 saturated heterocycles. The SMILES string of the molecule is CCOc1cc(-c2noc(-c3cc4n(n3)CC(c3ccc(Cl)cc3)OC4)n2)ccc1OC. The maximum absolute atomic E-state index is 6.02. The lowest BCUT2D eigenvalue weighted by atomic mass is 10.1. The number of hydrogen-bond donors (Lipinski definition) is 0. The van der Waals surface area contributed by atoms with Crippen LogP contribution in [0.2, 0.25) is 5.02 Å². The van der Waals surface area contributed by atoms with Crippen LogP contribution in [0.15, 0.2) is 53.1 Å². The standard InChI is InChI=1S/C23H21ClN4O4/c1-3-30-20-10-15(6-9-19(20)29-2)22-25-23(32-27-22)18-11-17-13-31-21(12-28(17)26-18)14-4-7-16(24)8-5-14/h4-11,21H,3,12-13H2,1-2H3. The van der Waals surface area contributed by atoms with E-state index in [1.54, 1.807) is 7.11 Å². The van der Waals surface area contributed by atoms with Crippen molar-refractivity contribution in [2.24, 2.45) is 0 Å². The van der Waals surface area contributed by atoms with Crippen molar-refractivity contribution in [3.05, 3.63) is 64.8 Å². The highest BCUT2D eigenvalue weighted by Gasteiger charge is 2.24. The Kier molecular flexibility index (Phi) is 5.55. The van der Waals surface area contributed by atoms with Crippen LogP contribution >= 0.6 is 11.6 Å². The molecule has 1 unspecified atom stereocenters. The highest BCUT2D eigenvalue weighted by molar-refractivity contribution is 6.30. The van der Waals surface area contributed by atoms with Crippen LogP contribution in [0.4, 0.5) is 0 Å². The second kappa shape index (κ2) is 8.64. The van der Waals surface area contributed by atoms with Crippen LogP contribution in [0.25, 0.3) is 23.0 Å². The van der Waals surface area contributed by atoms with Crippen LogP contribution < -0.4 is 9.47 Å². The number of methoxy groups -OCH3 is 1. The van der Waals surface area contributed by atoms with Gasteiger partial charge in [0.15, 0.2) is 17.2 Å². The second-order valence-electron chi connectivity index (χ2n) is 7.28. The van der Waals surface area contributed by atoms with Gasteiger partial charge in [0, 0.05) is 10.6 Å². The number of rotatable bonds is 6. The van der Waals surface area contributed by atoms with Gasteiger partial charge in [0.1, 0.15) is 6.10 Å². The molecule has 2 aromatic carbocycles. The van der Waals surface area contributed by atoms with E-state index in [1.165, 1.54) is 0 Å². The maximum atomic E-state index is 6.02. The minimum atomic E-state index is -0.0953. The highest BCUT2D eigenvalue weighted by atomic mass is 35.5. The summed E-state index contributed by atoms with van der Waals surface area (Å²) in [5, 5.41) is 9.48. The summed E-state index contributed by atoms with van der Waals surface area (Å²) in [6.07, 6.45) is -0.0953. The van der Waals surface area contributed by atoms with Gasteiger partial charge >= 0.3 is 0 Å². The molecule has 0 aliphatic carbocycles. The van der Waals surface area contributed by atoms with E-state index in [9.17, 15) is 0 Å². The fraction of sp³-hybridized carbons (Fsp3) is 0.261. The second-order valence-corrected chi connectivity index (χ2v) is 7.71. The smallest absolute Gasteiger partial charge is 0.278 e. The Labute approximate surface area is 189 Å². The molecule has 4 aromatic rings. The van der Waals surface area contributed by atoms with E-state index in [2.05, 4.69) is 15.2 Å². The van der Waals surface area contributed by atoms with Gasteiger partial charge in [-0.3, -0.25) is 4.68 Å². The molecule has 0 N–H and O–H groups in total. The average molecular weight is 453 g/mol. The molecule has 1 atom stereocenters. The van der Waals surface area contributed by atoms with Crippen molar-refractivity contribution in [3.8, 4) is 34.5 Å². The van der Waals surface area contributed by atoms with E-state index in [0.717, 1.165) is 16.8 Å². The van der Waals surface area contributed by atoms with Crippen molar-refractivity contribution in [1.82, 2.24) is 19.9 Å². The Hall–Kier alpha value is -3.36. The first-order chi connectivity index (χ1) is 15.6. The highest BCUT2D eigenvalue weighted by Crippen LogP contribution is 2.33. The van der Waals surface area contributed by atoms with E-state index in [4.69, 9.17) is 30.3 Å². The Morgan fingerprint density at radius 2 is 1.97 bits per heavy atom. The zero-order valence-corrected chi connectivity index (χ0v) is 18.4. The molecule has 0 fully saturated rings. The number of ether oxygens (including phenoxy) is 3. The van der Waals surface area contributed by atoms with Gasteiger partial charge in [-0.25, -0.2) is 0 Å². The Morgan fingerprint density at radius 1 is 1.12 bits per heavy atom. The molecule has 0 bridgehead atoms. The average Bonchev–Trinajstić information content (AvgIpc) is 3.46. The van der Waals surface area contributed by atoms with Crippen LogP contribution in [0.5, 0.6) is 11.5 Å². The number of halogens is 1. The first kappa shape index (κ1) is 20.5. The molecular formula is C23H21ClN4O4. The van der Waals surface area contributed by atoms with Crippen LogP contribution in [0.1, 0.15) is 24.3 Å².